The molecule has 1 unspecified atom stereocenters. The largest absolute Gasteiger partial charge is 0.497 e. The lowest BCUT2D eigenvalue weighted by atomic mass is 10.1. The van der Waals surface area contributed by atoms with Crippen LogP contribution >= 0.6 is 11.8 Å². The minimum Gasteiger partial charge on any atom is -0.497 e. The van der Waals surface area contributed by atoms with Crippen molar-refractivity contribution in [1.82, 2.24) is 0 Å². The molecule has 0 bridgehead atoms. The van der Waals surface area contributed by atoms with Gasteiger partial charge in [-0.3, -0.25) is 0 Å². The van der Waals surface area contributed by atoms with Crippen molar-refractivity contribution < 1.29 is 9.13 Å². The Morgan fingerprint density at radius 2 is 1.95 bits per heavy atom. The number of benzene rings is 2. The molecule has 4 heteroatoms. The van der Waals surface area contributed by atoms with Crippen LogP contribution in [-0.2, 0) is 0 Å². The molecule has 0 aliphatic rings. The first-order valence-electron chi connectivity index (χ1n) is 5.97. The maximum Gasteiger partial charge on any atom is 0.123 e. The van der Waals surface area contributed by atoms with Crippen LogP contribution in [-0.4, -0.2) is 12.9 Å². The van der Waals surface area contributed by atoms with Crippen LogP contribution in [0.15, 0.2) is 53.4 Å². The van der Waals surface area contributed by atoms with E-state index in [0.717, 1.165) is 16.2 Å². The third kappa shape index (κ3) is 3.98. The Labute approximate surface area is 116 Å². The zero-order chi connectivity index (χ0) is 13.7. The normalized spacial score (nSPS) is 12.2. The Hall–Kier alpha value is -1.52. The van der Waals surface area contributed by atoms with E-state index in [1.165, 1.54) is 12.1 Å². The van der Waals surface area contributed by atoms with E-state index >= 15 is 0 Å². The second-order valence-electron chi connectivity index (χ2n) is 4.15. The number of methoxy groups -OCH3 is 1. The van der Waals surface area contributed by atoms with Crippen molar-refractivity contribution in [2.75, 3.05) is 12.9 Å². The Morgan fingerprint density at radius 1 is 1.21 bits per heavy atom. The molecule has 0 amide bonds. The first kappa shape index (κ1) is 13.9. The predicted molar refractivity (Wildman–Crippen MR) is 77.0 cm³/mol. The average molecular weight is 277 g/mol. The summed E-state index contributed by atoms with van der Waals surface area (Å²) in [5.41, 5.74) is 6.88. The highest BCUT2D eigenvalue weighted by molar-refractivity contribution is 7.99. The van der Waals surface area contributed by atoms with Gasteiger partial charge in [0.05, 0.1) is 7.11 Å². The molecule has 0 saturated heterocycles. The van der Waals surface area contributed by atoms with Gasteiger partial charge in [-0.05, 0) is 42.0 Å². The average Bonchev–Trinajstić information content (AvgIpc) is 2.45. The van der Waals surface area contributed by atoms with Gasteiger partial charge in [0.25, 0.3) is 0 Å². The zero-order valence-electron chi connectivity index (χ0n) is 10.7. The summed E-state index contributed by atoms with van der Waals surface area (Å²) in [7, 11) is 1.64. The minimum absolute atomic E-state index is 0.178. The summed E-state index contributed by atoms with van der Waals surface area (Å²) < 4.78 is 18.2. The van der Waals surface area contributed by atoms with E-state index in [0.29, 0.717) is 5.75 Å². The van der Waals surface area contributed by atoms with E-state index in [4.69, 9.17) is 10.5 Å². The molecule has 0 aliphatic carbocycles. The highest BCUT2D eigenvalue weighted by Gasteiger charge is 2.07. The van der Waals surface area contributed by atoms with Gasteiger partial charge in [-0.1, -0.05) is 12.1 Å². The number of nitrogens with two attached hydrogens (primary N) is 1. The second-order valence-corrected chi connectivity index (χ2v) is 5.24. The van der Waals surface area contributed by atoms with Crippen LogP contribution in [0, 0.1) is 5.82 Å². The van der Waals surface area contributed by atoms with Crippen molar-refractivity contribution in [2.24, 2.45) is 5.73 Å². The molecule has 2 rings (SSSR count). The molecule has 2 N–H and O–H groups in total. The molecule has 2 nitrogen and oxygen atoms in total. The van der Waals surface area contributed by atoms with E-state index in [1.54, 1.807) is 24.9 Å². The number of thioether (sulfide) groups is 1. The summed E-state index contributed by atoms with van der Waals surface area (Å²) in [4.78, 5) is 1.12. The van der Waals surface area contributed by atoms with Gasteiger partial charge in [0, 0.05) is 16.7 Å². The molecule has 100 valence electrons. The van der Waals surface area contributed by atoms with E-state index in [2.05, 4.69) is 0 Å². The van der Waals surface area contributed by atoms with E-state index in [-0.39, 0.29) is 11.9 Å². The summed E-state index contributed by atoms with van der Waals surface area (Å²) in [6.07, 6.45) is 0. The number of halogens is 1. The van der Waals surface area contributed by atoms with Crippen molar-refractivity contribution in [3.05, 3.63) is 59.9 Å². The summed E-state index contributed by atoms with van der Waals surface area (Å²) in [5.74, 6) is 1.29. The predicted octanol–water partition coefficient (Wildman–Crippen LogP) is 3.63. The molecule has 0 radical (unpaired) electrons. The summed E-state index contributed by atoms with van der Waals surface area (Å²) in [6.45, 7) is 0. The van der Waals surface area contributed by atoms with E-state index in [1.807, 2.05) is 30.3 Å². The lowest BCUT2D eigenvalue weighted by molar-refractivity contribution is 0.414. The first-order valence-corrected chi connectivity index (χ1v) is 6.95. The molecule has 2 aromatic carbocycles. The topological polar surface area (TPSA) is 35.2 Å². The van der Waals surface area contributed by atoms with Gasteiger partial charge < -0.3 is 10.5 Å². The molecule has 2 aromatic rings. The molecule has 0 fully saturated rings. The maximum atomic E-state index is 13.1. The van der Waals surface area contributed by atoms with Crippen molar-refractivity contribution in [3.63, 3.8) is 0 Å². The third-order valence-corrected chi connectivity index (χ3v) is 3.90. The molecule has 0 aliphatic heterocycles. The van der Waals surface area contributed by atoms with Gasteiger partial charge in [0.1, 0.15) is 11.6 Å². The van der Waals surface area contributed by atoms with Crippen LogP contribution in [0.25, 0.3) is 0 Å². The fourth-order valence-corrected chi connectivity index (χ4v) is 2.58. The molecular weight excluding hydrogens is 261 g/mol. The monoisotopic (exact) mass is 277 g/mol. The van der Waals surface area contributed by atoms with Gasteiger partial charge in [0.2, 0.25) is 0 Å². The van der Waals surface area contributed by atoms with Crippen molar-refractivity contribution in [2.45, 2.75) is 10.9 Å². The lowest BCUT2D eigenvalue weighted by Gasteiger charge is -2.12. The molecule has 1 atom stereocenters. The fraction of sp³-hybridized carbons (Fsp3) is 0.200. The van der Waals surface area contributed by atoms with Crippen LogP contribution in [0.2, 0.25) is 0 Å². The Kier molecular flexibility index (Phi) is 4.82. The Morgan fingerprint density at radius 3 is 2.58 bits per heavy atom. The highest BCUT2D eigenvalue weighted by atomic mass is 32.2. The smallest absolute Gasteiger partial charge is 0.123 e. The standard InChI is InChI=1S/C15H16FNOS/c1-18-13-5-7-14(8-6-13)19-10-15(17)11-3-2-4-12(16)9-11/h2-9,15H,10,17H2,1H3. The van der Waals surface area contributed by atoms with Gasteiger partial charge in [-0.15, -0.1) is 11.8 Å². The number of ether oxygens (including phenoxy) is 1. The molecule has 19 heavy (non-hydrogen) atoms. The summed E-state index contributed by atoms with van der Waals surface area (Å²) in [5, 5.41) is 0. The van der Waals surface area contributed by atoms with Gasteiger partial charge in [-0.2, -0.15) is 0 Å². The Bertz CT molecular complexity index is 530. The van der Waals surface area contributed by atoms with E-state index < -0.39 is 0 Å². The quantitative estimate of drug-likeness (QED) is 0.848. The van der Waals surface area contributed by atoms with Gasteiger partial charge in [0.15, 0.2) is 0 Å². The maximum absolute atomic E-state index is 13.1. The lowest BCUT2D eigenvalue weighted by Crippen LogP contribution is -2.13. The van der Waals surface area contributed by atoms with Crippen LogP contribution < -0.4 is 10.5 Å². The van der Waals surface area contributed by atoms with Crippen molar-refractivity contribution in [1.29, 1.82) is 0 Å². The first-order chi connectivity index (χ1) is 9.19. The van der Waals surface area contributed by atoms with Crippen LogP contribution in [0.4, 0.5) is 4.39 Å². The molecule has 0 aromatic heterocycles. The fourth-order valence-electron chi connectivity index (χ4n) is 1.69. The zero-order valence-corrected chi connectivity index (χ0v) is 11.5. The van der Waals surface area contributed by atoms with Crippen molar-refractivity contribution in [3.8, 4) is 5.75 Å². The highest BCUT2D eigenvalue weighted by Crippen LogP contribution is 2.25. The molecule has 0 spiro atoms. The van der Waals surface area contributed by atoms with Gasteiger partial charge >= 0.3 is 0 Å². The second kappa shape index (κ2) is 6.59. The number of rotatable bonds is 5. The summed E-state index contributed by atoms with van der Waals surface area (Å²) >= 11 is 1.65. The third-order valence-electron chi connectivity index (χ3n) is 2.77. The minimum atomic E-state index is -0.248. The number of hydrogen-bond acceptors (Lipinski definition) is 3. The van der Waals surface area contributed by atoms with Gasteiger partial charge in [-0.25, -0.2) is 4.39 Å². The summed E-state index contributed by atoms with van der Waals surface area (Å²) in [6, 6.07) is 14.1. The molecular formula is C15H16FNOS. The van der Waals surface area contributed by atoms with E-state index in [9.17, 15) is 4.39 Å². The SMILES string of the molecule is COc1ccc(SCC(N)c2cccc(F)c2)cc1. The Balaban J connectivity index is 1.94. The number of hydrogen-bond donors (Lipinski definition) is 1. The van der Waals surface area contributed by atoms with Crippen LogP contribution in [0.3, 0.4) is 0 Å². The van der Waals surface area contributed by atoms with Crippen LogP contribution in [0.5, 0.6) is 5.75 Å². The van der Waals surface area contributed by atoms with Crippen LogP contribution in [0.1, 0.15) is 11.6 Å². The molecule has 0 heterocycles. The molecule has 0 saturated carbocycles. The van der Waals surface area contributed by atoms with Crippen molar-refractivity contribution >= 4 is 11.8 Å².